The molecule has 0 aliphatic carbocycles. The van der Waals surface area contributed by atoms with Crippen LogP contribution in [0.5, 0.6) is 0 Å². The molecule has 29 heavy (non-hydrogen) atoms. The van der Waals surface area contributed by atoms with E-state index in [1.165, 1.54) is 15.6 Å². The zero-order valence-electron chi connectivity index (χ0n) is 15.7. The maximum absolute atomic E-state index is 12.6. The van der Waals surface area contributed by atoms with Crippen LogP contribution in [0, 0.1) is 5.92 Å². The number of hydrogen-bond donors (Lipinski definition) is 0. The van der Waals surface area contributed by atoms with Crippen molar-refractivity contribution in [3.05, 3.63) is 65.8 Å². The molecule has 0 atom stereocenters. The van der Waals surface area contributed by atoms with Crippen LogP contribution < -0.4 is 0 Å². The highest BCUT2D eigenvalue weighted by molar-refractivity contribution is 7.91. The van der Waals surface area contributed by atoms with Gasteiger partial charge < -0.3 is 4.74 Å². The molecule has 0 saturated carbocycles. The van der Waals surface area contributed by atoms with Crippen LogP contribution in [0.3, 0.4) is 0 Å². The van der Waals surface area contributed by atoms with Gasteiger partial charge in [-0.1, -0.05) is 18.2 Å². The molecule has 0 radical (unpaired) electrons. The van der Waals surface area contributed by atoms with Crippen molar-refractivity contribution in [2.24, 2.45) is 5.92 Å². The summed E-state index contributed by atoms with van der Waals surface area (Å²) in [5.74, 6) is -0.539. The minimum absolute atomic E-state index is 0.200. The Hall–Kier alpha value is -2.49. The molecule has 3 aromatic rings. The number of hydrogen-bond acceptors (Lipinski definition) is 6. The molecule has 9 heteroatoms. The minimum atomic E-state index is -3.45. The SMILES string of the molecule is O=C(OCc1ccc(-n2cccn2)cc1)C1CCN(S(=O)(=O)c2cccs2)CC1. The lowest BCUT2D eigenvalue weighted by Crippen LogP contribution is -2.40. The lowest BCUT2D eigenvalue weighted by Gasteiger charge is -2.29. The van der Waals surface area contributed by atoms with Gasteiger partial charge in [0.25, 0.3) is 10.0 Å². The fraction of sp³-hybridized carbons (Fsp3) is 0.300. The first kappa shape index (κ1) is 19.8. The highest BCUT2D eigenvalue weighted by Crippen LogP contribution is 2.27. The number of nitrogens with zero attached hydrogens (tertiary/aromatic N) is 3. The molecule has 152 valence electrons. The average molecular weight is 432 g/mol. The number of thiophene rings is 1. The van der Waals surface area contributed by atoms with E-state index in [4.69, 9.17) is 4.74 Å². The number of carbonyl (C=O) groups excluding carboxylic acids is 1. The van der Waals surface area contributed by atoms with Gasteiger partial charge in [0.05, 0.1) is 11.6 Å². The summed E-state index contributed by atoms with van der Waals surface area (Å²) in [5, 5.41) is 5.92. The number of benzene rings is 1. The standard InChI is InChI=1S/C20H21N3O4S2/c24-20(27-15-16-4-6-18(7-5-16)23-11-2-10-21-23)17-8-12-22(13-9-17)29(25,26)19-3-1-14-28-19/h1-7,10-11,14,17H,8-9,12-13,15H2. The van der Waals surface area contributed by atoms with Gasteiger partial charge >= 0.3 is 5.97 Å². The van der Waals surface area contributed by atoms with Crippen molar-refractivity contribution in [1.29, 1.82) is 0 Å². The van der Waals surface area contributed by atoms with Gasteiger partial charge in [0.2, 0.25) is 0 Å². The lowest BCUT2D eigenvalue weighted by atomic mass is 9.98. The van der Waals surface area contributed by atoms with Crippen molar-refractivity contribution < 1.29 is 17.9 Å². The average Bonchev–Trinajstić information content (AvgIpc) is 3.47. The molecule has 0 bridgehead atoms. The van der Waals surface area contributed by atoms with Gasteiger partial charge in [-0.3, -0.25) is 4.79 Å². The Morgan fingerprint density at radius 2 is 1.90 bits per heavy atom. The van der Waals surface area contributed by atoms with E-state index in [9.17, 15) is 13.2 Å². The maximum atomic E-state index is 12.6. The maximum Gasteiger partial charge on any atom is 0.309 e. The third-order valence-electron chi connectivity index (χ3n) is 4.96. The molecule has 2 aromatic heterocycles. The molecule has 0 amide bonds. The van der Waals surface area contributed by atoms with Crippen LogP contribution in [0.15, 0.2) is 64.4 Å². The van der Waals surface area contributed by atoms with Crippen LogP contribution in [-0.2, 0) is 26.2 Å². The highest BCUT2D eigenvalue weighted by Gasteiger charge is 2.33. The van der Waals surface area contributed by atoms with E-state index in [1.807, 2.05) is 36.5 Å². The Bertz CT molecular complexity index is 1040. The Morgan fingerprint density at radius 3 is 2.52 bits per heavy atom. The van der Waals surface area contributed by atoms with Gasteiger partial charge in [-0.25, -0.2) is 13.1 Å². The van der Waals surface area contributed by atoms with Gasteiger partial charge in [-0.05, 0) is 48.1 Å². The normalized spacial score (nSPS) is 16.0. The summed E-state index contributed by atoms with van der Waals surface area (Å²) in [4.78, 5) is 12.4. The van der Waals surface area contributed by atoms with E-state index in [-0.39, 0.29) is 18.5 Å². The van der Waals surface area contributed by atoms with Crippen LogP contribution in [0.1, 0.15) is 18.4 Å². The molecule has 1 saturated heterocycles. The van der Waals surface area contributed by atoms with Crippen LogP contribution >= 0.6 is 11.3 Å². The number of esters is 1. The van der Waals surface area contributed by atoms with Crippen molar-refractivity contribution in [2.75, 3.05) is 13.1 Å². The smallest absolute Gasteiger partial charge is 0.309 e. The summed E-state index contributed by atoms with van der Waals surface area (Å²) >= 11 is 1.21. The third-order valence-corrected chi connectivity index (χ3v) is 8.23. The first-order valence-corrected chi connectivity index (χ1v) is 11.7. The molecule has 0 spiro atoms. The molecular weight excluding hydrogens is 410 g/mol. The second-order valence-electron chi connectivity index (χ2n) is 6.84. The van der Waals surface area contributed by atoms with E-state index in [1.54, 1.807) is 28.4 Å². The highest BCUT2D eigenvalue weighted by atomic mass is 32.2. The van der Waals surface area contributed by atoms with Crippen LogP contribution in [0.4, 0.5) is 0 Å². The number of sulfonamides is 1. The summed E-state index contributed by atoms with van der Waals surface area (Å²) in [6.45, 7) is 0.864. The summed E-state index contributed by atoms with van der Waals surface area (Å²) in [7, 11) is -3.45. The molecule has 4 rings (SSSR count). The first-order chi connectivity index (χ1) is 14.0. The van der Waals surface area contributed by atoms with Crippen LogP contribution in [0.2, 0.25) is 0 Å². The van der Waals surface area contributed by atoms with E-state index in [2.05, 4.69) is 5.10 Å². The summed E-state index contributed by atoms with van der Waals surface area (Å²) in [5.41, 5.74) is 1.83. The molecule has 0 N–H and O–H groups in total. The number of ether oxygens (including phenoxy) is 1. The summed E-state index contributed by atoms with van der Waals surface area (Å²) in [6.07, 6.45) is 4.52. The molecule has 1 aliphatic rings. The monoisotopic (exact) mass is 431 g/mol. The van der Waals surface area contributed by atoms with Crippen molar-refractivity contribution in [3.8, 4) is 5.69 Å². The van der Waals surface area contributed by atoms with Gasteiger partial charge in [-0.2, -0.15) is 9.40 Å². The molecule has 3 heterocycles. The Kier molecular flexibility index (Phi) is 5.79. The van der Waals surface area contributed by atoms with Gasteiger partial charge in [0.1, 0.15) is 10.8 Å². The van der Waals surface area contributed by atoms with Crippen molar-refractivity contribution >= 4 is 27.3 Å². The number of piperidine rings is 1. The number of rotatable bonds is 6. The van der Waals surface area contributed by atoms with Gasteiger partial charge in [0, 0.05) is 25.5 Å². The largest absolute Gasteiger partial charge is 0.461 e. The fourth-order valence-electron chi connectivity index (χ4n) is 3.31. The quantitative estimate of drug-likeness (QED) is 0.560. The zero-order chi connectivity index (χ0) is 20.3. The number of carbonyl (C=O) groups is 1. The predicted molar refractivity (Wildman–Crippen MR) is 109 cm³/mol. The van der Waals surface area contributed by atoms with E-state index in [0.717, 1.165) is 11.3 Å². The predicted octanol–water partition coefficient (Wildman–Crippen LogP) is 3.08. The van der Waals surface area contributed by atoms with Crippen LogP contribution in [-0.4, -0.2) is 41.6 Å². The van der Waals surface area contributed by atoms with Gasteiger partial charge in [0.15, 0.2) is 0 Å². The number of aromatic nitrogens is 2. The summed E-state index contributed by atoms with van der Waals surface area (Å²) < 4.78 is 34.1. The van der Waals surface area contributed by atoms with Gasteiger partial charge in [-0.15, -0.1) is 11.3 Å². The molecular formula is C20H21N3O4S2. The third kappa shape index (κ3) is 4.42. The topological polar surface area (TPSA) is 81.5 Å². The summed E-state index contributed by atoms with van der Waals surface area (Å²) in [6, 6.07) is 12.8. The van der Waals surface area contributed by atoms with Crippen molar-refractivity contribution in [3.63, 3.8) is 0 Å². The van der Waals surface area contributed by atoms with Crippen LogP contribution in [0.25, 0.3) is 5.69 Å². The molecule has 0 unspecified atom stereocenters. The second-order valence-corrected chi connectivity index (χ2v) is 9.95. The lowest BCUT2D eigenvalue weighted by molar-refractivity contribution is -0.151. The molecule has 1 fully saturated rings. The van der Waals surface area contributed by atoms with Crippen molar-refractivity contribution in [2.45, 2.75) is 23.7 Å². The Balaban J connectivity index is 1.28. The van der Waals surface area contributed by atoms with E-state index < -0.39 is 10.0 Å². The molecule has 1 aliphatic heterocycles. The first-order valence-electron chi connectivity index (χ1n) is 9.33. The Morgan fingerprint density at radius 1 is 1.14 bits per heavy atom. The van der Waals surface area contributed by atoms with Crippen molar-refractivity contribution in [1.82, 2.24) is 14.1 Å². The molecule has 1 aromatic carbocycles. The Labute approximate surface area is 173 Å². The second kappa shape index (κ2) is 8.48. The van der Waals surface area contributed by atoms with E-state index in [0.29, 0.717) is 30.1 Å². The molecule has 7 nitrogen and oxygen atoms in total. The fourth-order valence-corrected chi connectivity index (χ4v) is 5.92. The zero-order valence-corrected chi connectivity index (χ0v) is 17.3. The van der Waals surface area contributed by atoms with E-state index >= 15 is 0 Å². The minimum Gasteiger partial charge on any atom is -0.461 e.